The molecule has 0 amide bonds. The van der Waals surface area contributed by atoms with E-state index < -0.39 is 0 Å². The first kappa shape index (κ1) is 14.6. The van der Waals surface area contributed by atoms with Crippen LogP contribution in [0.1, 0.15) is 26.7 Å². The third-order valence-corrected chi connectivity index (χ3v) is 1.94. The van der Waals surface area contributed by atoms with Crippen LogP contribution in [-0.4, -0.2) is 39.5 Å². The van der Waals surface area contributed by atoms with E-state index >= 15 is 0 Å². The van der Waals surface area contributed by atoms with Crippen LogP contribution in [0.15, 0.2) is 12.2 Å². The maximum Gasteiger partial charge on any atom is 0.0647 e. The largest absolute Gasteiger partial charge is 0.380 e. The molecule has 0 fully saturated rings. The summed E-state index contributed by atoms with van der Waals surface area (Å²) in [6.07, 6.45) is 6.36. The maximum absolute atomic E-state index is 5.40. The summed E-state index contributed by atoms with van der Waals surface area (Å²) in [5.74, 6) is 0. The fraction of sp³-hybridized carbons (Fsp3) is 0.833. The molecule has 90 valence electrons. The van der Waals surface area contributed by atoms with Crippen molar-refractivity contribution in [3.05, 3.63) is 12.2 Å². The molecule has 1 N–H and O–H groups in total. The molecule has 0 unspecified atom stereocenters. The molecule has 0 rings (SSSR count). The van der Waals surface area contributed by atoms with Crippen molar-refractivity contribution in [1.29, 1.82) is 0 Å². The summed E-state index contributed by atoms with van der Waals surface area (Å²) in [6, 6.07) is 0. The van der Waals surface area contributed by atoms with Gasteiger partial charge < -0.3 is 14.8 Å². The lowest BCUT2D eigenvalue weighted by Crippen LogP contribution is -2.24. The molecule has 0 aliphatic heterocycles. The van der Waals surface area contributed by atoms with Crippen molar-refractivity contribution in [2.75, 3.05) is 39.5 Å². The Kier molecular flexibility index (Phi) is 13.3. The number of hydrogen-bond acceptors (Lipinski definition) is 3. The van der Waals surface area contributed by atoms with Crippen LogP contribution in [0.3, 0.4) is 0 Å². The Hall–Kier alpha value is -0.380. The highest BCUT2D eigenvalue weighted by Gasteiger charge is 1.89. The third-order valence-electron chi connectivity index (χ3n) is 1.94. The van der Waals surface area contributed by atoms with Crippen LogP contribution in [0.5, 0.6) is 0 Å². The van der Waals surface area contributed by atoms with Crippen LogP contribution in [0.25, 0.3) is 0 Å². The third kappa shape index (κ3) is 13.6. The summed E-state index contributed by atoms with van der Waals surface area (Å²) in [5, 5.41) is 3.27. The van der Waals surface area contributed by atoms with Gasteiger partial charge in [-0.05, 0) is 13.3 Å². The molecular formula is C12H25NO2. The van der Waals surface area contributed by atoms with E-state index in [-0.39, 0.29) is 0 Å². The summed E-state index contributed by atoms with van der Waals surface area (Å²) in [4.78, 5) is 0. The lowest BCUT2D eigenvalue weighted by molar-refractivity contribution is 0.127. The van der Waals surface area contributed by atoms with Gasteiger partial charge in [0.15, 0.2) is 0 Å². The number of allylic oxidation sites excluding steroid dienone is 1. The van der Waals surface area contributed by atoms with Crippen molar-refractivity contribution in [1.82, 2.24) is 5.32 Å². The van der Waals surface area contributed by atoms with Gasteiger partial charge >= 0.3 is 0 Å². The van der Waals surface area contributed by atoms with E-state index in [2.05, 4.69) is 12.2 Å². The SMILES string of the molecule is CC=CCOCCNCCOCCCC. The minimum absolute atomic E-state index is 0.713. The number of rotatable bonds is 11. The van der Waals surface area contributed by atoms with Gasteiger partial charge in [0, 0.05) is 19.7 Å². The predicted molar refractivity (Wildman–Crippen MR) is 64.2 cm³/mol. The second-order valence-electron chi connectivity index (χ2n) is 3.36. The molecule has 3 nitrogen and oxygen atoms in total. The Morgan fingerprint density at radius 2 is 1.80 bits per heavy atom. The summed E-state index contributed by atoms with van der Waals surface area (Å²) in [5.41, 5.74) is 0. The van der Waals surface area contributed by atoms with Crippen LogP contribution in [-0.2, 0) is 9.47 Å². The molecule has 0 aromatic carbocycles. The standard InChI is InChI=1S/C12H25NO2/c1-3-5-9-14-11-7-13-8-12-15-10-6-4-2/h3,5,13H,4,6-12H2,1-2H3. The lowest BCUT2D eigenvalue weighted by atomic mass is 10.4. The monoisotopic (exact) mass is 215 g/mol. The summed E-state index contributed by atoms with van der Waals surface area (Å²) in [7, 11) is 0. The summed E-state index contributed by atoms with van der Waals surface area (Å²) >= 11 is 0. The van der Waals surface area contributed by atoms with E-state index in [9.17, 15) is 0 Å². The van der Waals surface area contributed by atoms with Crippen molar-refractivity contribution < 1.29 is 9.47 Å². The smallest absolute Gasteiger partial charge is 0.0647 e. The van der Waals surface area contributed by atoms with E-state index in [0.29, 0.717) is 6.61 Å². The van der Waals surface area contributed by atoms with Gasteiger partial charge in [-0.2, -0.15) is 0 Å². The van der Waals surface area contributed by atoms with Gasteiger partial charge in [-0.15, -0.1) is 0 Å². The molecule has 0 saturated heterocycles. The average molecular weight is 215 g/mol. The molecule has 0 atom stereocenters. The average Bonchev–Trinajstić information content (AvgIpc) is 2.26. The second kappa shape index (κ2) is 13.6. The molecule has 0 heterocycles. The van der Waals surface area contributed by atoms with Gasteiger partial charge in [0.05, 0.1) is 19.8 Å². The quantitative estimate of drug-likeness (QED) is 0.422. The van der Waals surface area contributed by atoms with Gasteiger partial charge in [0.1, 0.15) is 0 Å². The molecule has 3 heteroatoms. The van der Waals surface area contributed by atoms with Crippen molar-refractivity contribution >= 4 is 0 Å². The zero-order chi connectivity index (χ0) is 11.2. The van der Waals surface area contributed by atoms with E-state index in [0.717, 1.165) is 39.3 Å². The number of nitrogens with one attached hydrogen (secondary N) is 1. The van der Waals surface area contributed by atoms with E-state index in [1.165, 1.54) is 6.42 Å². The molecule has 0 aliphatic rings. The molecule has 0 aliphatic carbocycles. The Balaban J connectivity index is 2.86. The van der Waals surface area contributed by atoms with Crippen molar-refractivity contribution in [2.45, 2.75) is 26.7 Å². The summed E-state index contributed by atoms with van der Waals surface area (Å²) in [6.45, 7) is 9.14. The molecule has 0 radical (unpaired) electrons. The Bertz CT molecular complexity index is 138. The first-order valence-electron chi connectivity index (χ1n) is 5.89. The van der Waals surface area contributed by atoms with Crippen LogP contribution in [0.4, 0.5) is 0 Å². The zero-order valence-electron chi connectivity index (χ0n) is 10.1. The Labute approximate surface area is 93.8 Å². The maximum atomic E-state index is 5.40. The zero-order valence-corrected chi connectivity index (χ0v) is 10.1. The van der Waals surface area contributed by atoms with Crippen LogP contribution >= 0.6 is 0 Å². The van der Waals surface area contributed by atoms with Crippen LogP contribution in [0, 0.1) is 0 Å². The van der Waals surface area contributed by atoms with Crippen LogP contribution in [0.2, 0.25) is 0 Å². The van der Waals surface area contributed by atoms with E-state index in [1.54, 1.807) is 0 Å². The topological polar surface area (TPSA) is 30.5 Å². The van der Waals surface area contributed by atoms with E-state index in [4.69, 9.17) is 9.47 Å². The number of unbranched alkanes of at least 4 members (excludes halogenated alkanes) is 1. The fourth-order valence-corrected chi connectivity index (χ4v) is 1.01. The fourth-order valence-electron chi connectivity index (χ4n) is 1.01. The molecular weight excluding hydrogens is 190 g/mol. The number of ether oxygens (including phenoxy) is 2. The van der Waals surface area contributed by atoms with Gasteiger partial charge in [-0.3, -0.25) is 0 Å². The molecule has 0 saturated carbocycles. The molecule has 15 heavy (non-hydrogen) atoms. The minimum Gasteiger partial charge on any atom is -0.380 e. The normalized spacial score (nSPS) is 11.3. The highest BCUT2D eigenvalue weighted by molar-refractivity contribution is 4.75. The van der Waals surface area contributed by atoms with Gasteiger partial charge in [-0.1, -0.05) is 25.5 Å². The first-order chi connectivity index (χ1) is 7.41. The van der Waals surface area contributed by atoms with E-state index in [1.807, 2.05) is 19.1 Å². The number of hydrogen-bond donors (Lipinski definition) is 1. The highest BCUT2D eigenvalue weighted by atomic mass is 16.5. The first-order valence-corrected chi connectivity index (χ1v) is 5.89. The molecule has 0 bridgehead atoms. The second-order valence-corrected chi connectivity index (χ2v) is 3.36. The Morgan fingerprint density at radius 1 is 1.07 bits per heavy atom. The highest BCUT2D eigenvalue weighted by Crippen LogP contribution is 1.86. The summed E-state index contributed by atoms with van der Waals surface area (Å²) < 4.78 is 10.7. The van der Waals surface area contributed by atoms with Crippen molar-refractivity contribution in [3.63, 3.8) is 0 Å². The molecule has 0 aromatic rings. The van der Waals surface area contributed by atoms with Gasteiger partial charge in [-0.25, -0.2) is 0 Å². The van der Waals surface area contributed by atoms with Gasteiger partial charge in [0.25, 0.3) is 0 Å². The van der Waals surface area contributed by atoms with Gasteiger partial charge in [0.2, 0.25) is 0 Å². The van der Waals surface area contributed by atoms with Crippen molar-refractivity contribution in [3.8, 4) is 0 Å². The van der Waals surface area contributed by atoms with Crippen LogP contribution < -0.4 is 5.32 Å². The minimum atomic E-state index is 0.713. The Morgan fingerprint density at radius 3 is 2.47 bits per heavy atom. The molecule has 0 aromatic heterocycles. The van der Waals surface area contributed by atoms with Crippen molar-refractivity contribution in [2.24, 2.45) is 0 Å². The lowest BCUT2D eigenvalue weighted by Gasteiger charge is -2.05. The molecule has 0 spiro atoms. The predicted octanol–water partition coefficient (Wildman–Crippen LogP) is 1.99.